The first kappa shape index (κ1) is 18.3. The van der Waals surface area contributed by atoms with Crippen molar-refractivity contribution in [2.24, 2.45) is 5.92 Å². The Balaban J connectivity index is 1.74. The smallest absolute Gasteiger partial charge is 0.239 e. The molecule has 5 heteroatoms. The molecular formula is C23H24N2O3. The second-order valence-corrected chi connectivity index (χ2v) is 7.70. The minimum Gasteiger partial charge on any atom is -0.468 e. The molecule has 4 rings (SSSR count). The van der Waals surface area contributed by atoms with Gasteiger partial charge in [0, 0.05) is 24.6 Å². The van der Waals surface area contributed by atoms with Gasteiger partial charge in [0.25, 0.3) is 0 Å². The van der Waals surface area contributed by atoms with Crippen molar-refractivity contribution in [1.82, 2.24) is 4.90 Å². The van der Waals surface area contributed by atoms with Crippen molar-refractivity contribution in [2.75, 3.05) is 11.9 Å². The van der Waals surface area contributed by atoms with Crippen molar-refractivity contribution in [2.45, 2.75) is 31.9 Å². The van der Waals surface area contributed by atoms with Crippen molar-refractivity contribution >= 4 is 17.5 Å². The van der Waals surface area contributed by atoms with Crippen molar-refractivity contribution in [1.29, 1.82) is 0 Å². The molecule has 3 atom stereocenters. The molecule has 2 bridgehead atoms. The third-order valence-electron chi connectivity index (χ3n) is 5.63. The lowest BCUT2D eigenvalue weighted by Gasteiger charge is -2.52. The van der Waals surface area contributed by atoms with Gasteiger partial charge in [-0.3, -0.25) is 9.59 Å². The number of para-hydroxylation sites is 1. The number of fused-ring (bicyclic) bond motifs is 4. The monoisotopic (exact) mass is 376 g/mol. The maximum absolute atomic E-state index is 13.4. The number of rotatable bonds is 4. The van der Waals surface area contributed by atoms with Crippen LogP contribution in [0.15, 0.2) is 61.2 Å². The maximum atomic E-state index is 13.4. The predicted octanol–water partition coefficient (Wildman–Crippen LogP) is 3.86. The highest BCUT2D eigenvalue weighted by Gasteiger charge is 2.55. The molecule has 0 radical (unpaired) electrons. The van der Waals surface area contributed by atoms with Gasteiger partial charge < -0.3 is 15.0 Å². The minimum absolute atomic E-state index is 0.224. The van der Waals surface area contributed by atoms with Crippen LogP contribution in [0.3, 0.4) is 0 Å². The summed E-state index contributed by atoms with van der Waals surface area (Å²) in [5.41, 5.74) is 1.87. The number of benzene rings is 2. The lowest BCUT2D eigenvalue weighted by Crippen LogP contribution is -2.64. The van der Waals surface area contributed by atoms with E-state index in [2.05, 4.69) is 11.9 Å². The summed E-state index contributed by atoms with van der Waals surface area (Å²) in [5, 5.41) is 2.94. The number of hydrogen-bond acceptors (Lipinski definition) is 3. The summed E-state index contributed by atoms with van der Waals surface area (Å²) in [6.07, 6.45) is 2.23. The summed E-state index contributed by atoms with van der Waals surface area (Å²) < 4.78 is 6.21. The Morgan fingerprint density at radius 3 is 2.86 bits per heavy atom. The molecule has 5 nitrogen and oxygen atoms in total. The number of ether oxygens (including phenoxy) is 1. The summed E-state index contributed by atoms with van der Waals surface area (Å²) in [7, 11) is 0. The number of hydrogen-bond donors (Lipinski definition) is 1. The first-order valence-electron chi connectivity index (χ1n) is 9.51. The second kappa shape index (κ2) is 6.82. The quantitative estimate of drug-likeness (QED) is 0.651. The fourth-order valence-corrected chi connectivity index (χ4v) is 4.36. The SMILES string of the molecule is C=CCN1C(=O)[C@H](C(=O)Nc2cccc(C)c2)[C@H]2C[C@]1(C)Oc1ccccc12. The van der Waals surface area contributed by atoms with Gasteiger partial charge in [-0.2, -0.15) is 0 Å². The average Bonchev–Trinajstić information content (AvgIpc) is 2.65. The normalized spacial score (nSPS) is 25.5. The number of carbonyl (C=O) groups excluding carboxylic acids is 2. The first-order chi connectivity index (χ1) is 13.4. The lowest BCUT2D eigenvalue weighted by atomic mass is 9.73. The van der Waals surface area contributed by atoms with Crippen molar-refractivity contribution < 1.29 is 14.3 Å². The fourth-order valence-electron chi connectivity index (χ4n) is 4.36. The number of anilines is 1. The summed E-state index contributed by atoms with van der Waals surface area (Å²) in [6.45, 7) is 7.97. The van der Waals surface area contributed by atoms with E-state index in [0.29, 0.717) is 18.7 Å². The van der Waals surface area contributed by atoms with Crippen LogP contribution in [0.1, 0.15) is 30.4 Å². The molecule has 2 aliphatic rings. The van der Waals surface area contributed by atoms with Crippen LogP contribution in [-0.2, 0) is 9.59 Å². The van der Waals surface area contributed by atoms with E-state index in [1.807, 2.05) is 62.4 Å². The molecule has 144 valence electrons. The van der Waals surface area contributed by atoms with E-state index in [4.69, 9.17) is 4.74 Å². The minimum atomic E-state index is -0.807. The zero-order valence-corrected chi connectivity index (χ0v) is 16.1. The summed E-state index contributed by atoms with van der Waals surface area (Å²) in [4.78, 5) is 28.2. The topological polar surface area (TPSA) is 58.6 Å². The van der Waals surface area contributed by atoms with E-state index in [1.165, 1.54) is 0 Å². The predicted molar refractivity (Wildman–Crippen MR) is 108 cm³/mol. The number of nitrogens with one attached hydrogen (secondary N) is 1. The van der Waals surface area contributed by atoms with Crippen LogP contribution in [0.2, 0.25) is 0 Å². The molecule has 0 saturated carbocycles. The zero-order chi connectivity index (χ0) is 19.9. The first-order valence-corrected chi connectivity index (χ1v) is 9.51. The summed E-state index contributed by atoms with van der Waals surface area (Å²) in [5.74, 6) is -0.810. The molecule has 28 heavy (non-hydrogen) atoms. The van der Waals surface area contributed by atoms with E-state index in [1.54, 1.807) is 11.0 Å². The van der Waals surface area contributed by atoms with Crippen molar-refractivity contribution in [3.63, 3.8) is 0 Å². The van der Waals surface area contributed by atoms with Gasteiger partial charge in [-0.05, 0) is 43.2 Å². The lowest BCUT2D eigenvalue weighted by molar-refractivity contribution is -0.173. The van der Waals surface area contributed by atoms with E-state index in [9.17, 15) is 9.59 Å². The number of nitrogens with zero attached hydrogens (tertiary/aromatic N) is 1. The molecule has 2 aromatic carbocycles. The molecule has 0 unspecified atom stereocenters. The molecule has 0 aliphatic carbocycles. The van der Waals surface area contributed by atoms with Gasteiger partial charge in [0.15, 0.2) is 5.72 Å². The highest BCUT2D eigenvalue weighted by atomic mass is 16.5. The van der Waals surface area contributed by atoms with E-state index in [-0.39, 0.29) is 17.7 Å². The molecule has 2 heterocycles. The standard InChI is InChI=1S/C23H24N2O3/c1-4-12-25-22(27)20(21(26)24-16-9-7-8-15(2)13-16)18-14-23(25,3)28-19-11-6-5-10-17(18)19/h4-11,13,18,20H,1,12,14H2,2-3H3,(H,24,26)/t18-,20-,23-/m0/s1. The molecule has 1 saturated heterocycles. The summed E-state index contributed by atoms with van der Waals surface area (Å²) in [6, 6.07) is 15.3. The Hall–Kier alpha value is -3.08. The average molecular weight is 376 g/mol. The van der Waals surface area contributed by atoms with Gasteiger partial charge >= 0.3 is 0 Å². The van der Waals surface area contributed by atoms with Gasteiger partial charge in [0.2, 0.25) is 11.8 Å². The van der Waals surface area contributed by atoms with Crippen molar-refractivity contribution in [3.05, 3.63) is 72.3 Å². The Morgan fingerprint density at radius 1 is 1.32 bits per heavy atom. The van der Waals surface area contributed by atoms with Crippen LogP contribution in [-0.4, -0.2) is 29.0 Å². The Bertz CT molecular complexity index is 954. The second-order valence-electron chi connectivity index (χ2n) is 7.70. The molecule has 0 spiro atoms. The van der Waals surface area contributed by atoms with Crippen molar-refractivity contribution in [3.8, 4) is 5.75 Å². The molecular weight excluding hydrogens is 352 g/mol. The maximum Gasteiger partial charge on any atom is 0.239 e. The van der Waals surface area contributed by atoms with Crippen LogP contribution >= 0.6 is 0 Å². The molecule has 2 aliphatic heterocycles. The van der Waals surface area contributed by atoms with Crippen LogP contribution in [0.4, 0.5) is 5.69 Å². The van der Waals surface area contributed by atoms with Crippen LogP contribution in [0, 0.1) is 12.8 Å². The molecule has 2 amide bonds. The largest absolute Gasteiger partial charge is 0.468 e. The van der Waals surface area contributed by atoms with Crippen LogP contribution < -0.4 is 10.1 Å². The van der Waals surface area contributed by atoms with E-state index in [0.717, 1.165) is 16.9 Å². The zero-order valence-electron chi connectivity index (χ0n) is 16.1. The van der Waals surface area contributed by atoms with Gasteiger partial charge in [-0.25, -0.2) is 0 Å². The van der Waals surface area contributed by atoms with E-state index < -0.39 is 11.6 Å². The Labute approximate surface area is 165 Å². The highest BCUT2D eigenvalue weighted by molar-refractivity contribution is 6.08. The van der Waals surface area contributed by atoms with Gasteiger partial charge in [0.05, 0.1) is 0 Å². The molecule has 2 aromatic rings. The molecule has 1 N–H and O–H groups in total. The number of carbonyl (C=O) groups is 2. The number of amides is 2. The van der Waals surface area contributed by atoms with Gasteiger partial charge in [-0.1, -0.05) is 36.4 Å². The Morgan fingerprint density at radius 2 is 2.11 bits per heavy atom. The molecule has 1 fully saturated rings. The van der Waals surface area contributed by atoms with Crippen LogP contribution in [0.25, 0.3) is 0 Å². The summed E-state index contributed by atoms with van der Waals surface area (Å²) >= 11 is 0. The fraction of sp³-hybridized carbons (Fsp3) is 0.304. The highest BCUT2D eigenvalue weighted by Crippen LogP contribution is 2.50. The van der Waals surface area contributed by atoms with Crippen LogP contribution in [0.5, 0.6) is 5.75 Å². The van der Waals surface area contributed by atoms with Gasteiger partial charge in [0.1, 0.15) is 11.7 Å². The third-order valence-corrected chi connectivity index (χ3v) is 5.63. The van der Waals surface area contributed by atoms with E-state index >= 15 is 0 Å². The third kappa shape index (κ3) is 2.97. The van der Waals surface area contributed by atoms with Gasteiger partial charge in [-0.15, -0.1) is 6.58 Å². The molecule has 0 aromatic heterocycles. The number of likely N-dealkylation sites (tertiary alicyclic amines) is 1. The Kier molecular flexibility index (Phi) is 4.46. The number of aryl methyl sites for hydroxylation is 1. The number of piperidine rings is 1.